The number of thiophene rings is 1. The van der Waals surface area contributed by atoms with Gasteiger partial charge in [0.05, 0.1) is 6.10 Å². The largest absolute Gasteiger partial charge is 0.491 e. The Morgan fingerprint density at radius 1 is 1.25 bits per heavy atom. The van der Waals surface area contributed by atoms with Crippen LogP contribution in [0.4, 0.5) is 0 Å². The normalized spacial score (nSPS) is 12.2. The molecule has 1 aromatic heterocycles. The lowest BCUT2D eigenvalue weighted by Crippen LogP contribution is -2.05. The summed E-state index contributed by atoms with van der Waals surface area (Å²) in [5, 5.41) is 1.71. The molecule has 0 saturated heterocycles. The van der Waals surface area contributed by atoms with Crippen molar-refractivity contribution in [3.8, 4) is 5.75 Å². The molecule has 106 valence electrons. The van der Waals surface area contributed by atoms with Crippen molar-refractivity contribution in [2.45, 2.75) is 24.2 Å². The smallest absolute Gasteiger partial charge is 0.291 e. The Balaban J connectivity index is 2.20. The molecule has 2 aromatic rings. The van der Waals surface area contributed by atoms with Crippen molar-refractivity contribution in [3.63, 3.8) is 0 Å². The molecule has 0 aliphatic carbocycles. The van der Waals surface area contributed by atoms with Gasteiger partial charge in [-0.3, -0.25) is 0 Å². The van der Waals surface area contributed by atoms with Gasteiger partial charge in [0.15, 0.2) is 0 Å². The summed E-state index contributed by atoms with van der Waals surface area (Å²) in [6, 6.07) is 10.4. The van der Waals surface area contributed by atoms with Crippen LogP contribution in [0.15, 0.2) is 50.4 Å². The van der Waals surface area contributed by atoms with Crippen molar-refractivity contribution in [1.29, 1.82) is 0 Å². The standard InChI is InChI=1S/C14H15NO3S2/c1-11(2)18-13-6-3-5-12(9-13)10-15-20(16,17)14-7-4-8-19-14/h3-11H,1-2H3/b15-10-. The third-order valence-electron chi connectivity index (χ3n) is 2.32. The van der Waals surface area contributed by atoms with E-state index in [1.54, 1.807) is 29.6 Å². The van der Waals surface area contributed by atoms with Gasteiger partial charge in [0.1, 0.15) is 9.96 Å². The molecule has 0 aliphatic rings. The fraction of sp³-hybridized carbons (Fsp3) is 0.214. The van der Waals surface area contributed by atoms with E-state index in [2.05, 4.69) is 4.40 Å². The number of hydrogen-bond donors (Lipinski definition) is 0. The van der Waals surface area contributed by atoms with Gasteiger partial charge in [0, 0.05) is 6.21 Å². The topological polar surface area (TPSA) is 55.7 Å². The minimum atomic E-state index is -3.60. The van der Waals surface area contributed by atoms with E-state index in [0.29, 0.717) is 11.3 Å². The average Bonchev–Trinajstić information content (AvgIpc) is 2.91. The molecule has 0 amide bonds. The van der Waals surface area contributed by atoms with Gasteiger partial charge in [-0.25, -0.2) is 0 Å². The van der Waals surface area contributed by atoms with Gasteiger partial charge in [-0.1, -0.05) is 18.2 Å². The summed E-state index contributed by atoms with van der Waals surface area (Å²) < 4.78 is 33.3. The molecule has 0 atom stereocenters. The van der Waals surface area contributed by atoms with Crippen molar-refractivity contribution < 1.29 is 13.2 Å². The first-order chi connectivity index (χ1) is 9.47. The molecule has 0 bridgehead atoms. The number of hydrogen-bond acceptors (Lipinski definition) is 4. The fourth-order valence-corrected chi connectivity index (χ4v) is 3.38. The molecule has 1 aromatic carbocycles. The summed E-state index contributed by atoms with van der Waals surface area (Å²) in [5.41, 5.74) is 0.684. The van der Waals surface area contributed by atoms with Gasteiger partial charge >= 0.3 is 0 Å². The Bertz CT molecular complexity index is 689. The monoisotopic (exact) mass is 309 g/mol. The second-order valence-electron chi connectivity index (χ2n) is 4.38. The molecule has 0 radical (unpaired) electrons. The van der Waals surface area contributed by atoms with Gasteiger partial charge in [-0.05, 0) is 43.0 Å². The van der Waals surface area contributed by atoms with Crippen molar-refractivity contribution in [2.24, 2.45) is 4.40 Å². The van der Waals surface area contributed by atoms with Crippen LogP contribution in [0.3, 0.4) is 0 Å². The number of sulfonamides is 1. The second kappa shape index (κ2) is 6.19. The average molecular weight is 309 g/mol. The van der Waals surface area contributed by atoms with Gasteiger partial charge in [0.25, 0.3) is 10.0 Å². The van der Waals surface area contributed by atoms with E-state index < -0.39 is 10.0 Å². The summed E-state index contributed by atoms with van der Waals surface area (Å²) in [6.45, 7) is 3.87. The third-order valence-corrected chi connectivity index (χ3v) is 4.93. The summed E-state index contributed by atoms with van der Waals surface area (Å²) in [7, 11) is -3.60. The zero-order valence-electron chi connectivity index (χ0n) is 11.2. The first kappa shape index (κ1) is 14.7. The Labute approximate surface area is 122 Å². The summed E-state index contributed by atoms with van der Waals surface area (Å²) in [5.74, 6) is 0.692. The molecule has 4 nitrogen and oxygen atoms in total. The minimum Gasteiger partial charge on any atom is -0.491 e. The Morgan fingerprint density at radius 3 is 2.70 bits per heavy atom. The molecule has 2 rings (SSSR count). The van der Waals surface area contributed by atoms with E-state index in [-0.39, 0.29) is 10.3 Å². The molecule has 0 fully saturated rings. The van der Waals surface area contributed by atoms with Gasteiger partial charge < -0.3 is 4.74 Å². The predicted octanol–water partition coefficient (Wildman–Crippen LogP) is 3.34. The van der Waals surface area contributed by atoms with Gasteiger partial charge in [-0.2, -0.15) is 12.8 Å². The highest BCUT2D eigenvalue weighted by atomic mass is 32.2. The van der Waals surface area contributed by atoms with Crippen LogP contribution in [0.2, 0.25) is 0 Å². The van der Waals surface area contributed by atoms with E-state index in [4.69, 9.17) is 4.74 Å². The maximum absolute atomic E-state index is 11.9. The zero-order chi connectivity index (χ0) is 14.6. The number of rotatable bonds is 5. The van der Waals surface area contributed by atoms with Crippen LogP contribution in [0.5, 0.6) is 5.75 Å². The first-order valence-corrected chi connectivity index (χ1v) is 8.40. The lowest BCUT2D eigenvalue weighted by atomic mass is 10.2. The number of benzene rings is 1. The molecular formula is C14H15NO3S2. The van der Waals surface area contributed by atoms with Crippen LogP contribution in [-0.4, -0.2) is 20.7 Å². The van der Waals surface area contributed by atoms with Crippen LogP contribution in [-0.2, 0) is 10.0 Å². The SMILES string of the molecule is CC(C)Oc1cccc(/C=N\S(=O)(=O)c2cccs2)c1. The van der Waals surface area contributed by atoms with E-state index in [9.17, 15) is 8.42 Å². The van der Waals surface area contributed by atoms with Crippen molar-refractivity contribution in [1.82, 2.24) is 0 Å². The lowest BCUT2D eigenvalue weighted by molar-refractivity contribution is 0.242. The van der Waals surface area contributed by atoms with Crippen LogP contribution < -0.4 is 4.74 Å². The predicted molar refractivity (Wildman–Crippen MR) is 81.3 cm³/mol. The van der Waals surface area contributed by atoms with E-state index >= 15 is 0 Å². The summed E-state index contributed by atoms with van der Waals surface area (Å²) >= 11 is 1.15. The van der Waals surface area contributed by atoms with Crippen molar-refractivity contribution in [2.75, 3.05) is 0 Å². The highest BCUT2D eigenvalue weighted by molar-refractivity contribution is 7.92. The Hall–Kier alpha value is -1.66. The molecule has 20 heavy (non-hydrogen) atoms. The van der Waals surface area contributed by atoms with E-state index in [1.807, 2.05) is 19.9 Å². The summed E-state index contributed by atoms with van der Waals surface area (Å²) in [6.07, 6.45) is 1.40. The second-order valence-corrected chi connectivity index (χ2v) is 7.19. The maximum Gasteiger partial charge on any atom is 0.291 e. The molecular weight excluding hydrogens is 294 g/mol. The molecule has 0 N–H and O–H groups in total. The van der Waals surface area contributed by atoms with Crippen molar-refractivity contribution >= 4 is 27.6 Å². The quantitative estimate of drug-likeness (QED) is 0.796. The molecule has 0 spiro atoms. The van der Waals surface area contributed by atoms with Crippen LogP contribution in [0.1, 0.15) is 19.4 Å². The lowest BCUT2D eigenvalue weighted by Gasteiger charge is -2.09. The summed E-state index contributed by atoms with van der Waals surface area (Å²) in [4.78, 5) is 0. The Morgan fingerprint density at radius 2 is 2.05 bits per heavy atom. The number of nitrogens with zero attached hydrogens (tertiary/aromatic N) is 1. The Kier molecular flexibility index (Phi) is 4.57. The van der Waals surface area contributed by atoms with E-state index in [0.717, 1.165) is 11.3 Å². The molecule has 0 unspecified atom stereocenters. The third kappa shape index (κ3) is 3.91. The van der Waals surface area contributed by atoms with Crippen LogP contribution >= 0.6 is 11.3 Å². The zero-order valence-corrected chi connectivity index (χ0v) is 12.8. The highest BCUT2D eigenvalue weighted by Gasteiger charge is 2.12. The first-order valence-electron chi connectivity index (χ1n) is 6.08. The molecule has 0 aliphatic heterocycles. The van der Waals surface area contributed by atoms with Crippen LogP contribution in [0.25, 0.3) is 0 Å². The van der Waals surface area contributed by atoms with Gasteiger partial charge in [-0.15, -0.1) is 11.3 Å². The number of ether oxygens (including phenoxy) is 1. The highest BCUT2D eigenvalue weighted by Crippen LogP contribution is 2.19. The van der Waals surface area contributed by atoms with E-state index in [1.165, 1.54) is 12.3 Å². The molecule has 1 heterocycles. The molecule has 6 heteroatoms. The fourth-order valence-electron chi connectivity index (χ4n) is 1.53. The maximum atomic E-state index is 11.9. The van der Waals surface area contributed by atoms with Crippen molar-refractivity contribution in [3.05, 3.63) is 47.3 Å². The minimum absolute atomic E-state index is 0.0667. The van der Waals surface area contributed by atoms with Crippen LogP contribution in [0, 0.1) is 0 Å². The van der Waals surface area contributed by atoms with Gasteiger partial charge in [0.2, 0.25) is 0 Å². The molecule has 0 saturated carbocycles.